The number of fused-ring (bicyclic) bond motifs is 1. The number of nitrogens with zero attached hydrogens (tertiary/aromatic N) is 2. The van der Waals surface area contributed by atoms with Gasteiger partial charge in [0.05, 0.1) is 5.52 Å². The van der Waals surface area contributed by atoms with Crippen LogP contribution in [-0.2, 0) is 0 Å². The molecule has 0 aliphatic heterocycles. The Labute approximate surface area is 127 Å². The molecule has 0 N–H and O–H groups in total. The van der Waals surface area contributed by atoms with E-state index in [-0.39, 0.29) is 0 Å². The average molecular weight is 329 g/mol. The van der Waals surface area contributed by atoms with Crippen LogP contribution >= 0.6 is 15.9 Å². The minimum Gasteiger partial charge on any atom is -0.302 e. The maximum atomic E-state index is 4.44. The number of hydrogen-bond donors (Lipinski definition) is 0. The van der Waals surface area contributed by atoms with Gasteiger partial charge in [-0.25, -0.2) is 4.98 Å². The number of pyridine rings is 1. The molecular formula is C17H17BrN2. The van der Waals surface area contributed by atoms with Gasteiger partial charge >= 0.3 is 0 Å². The predicted octanol–water partition coefficient (Wildman–Crippen LogP) is 5.20. The monoisotopic (exact) mass is 328 g/mol. The third-order valence-electron chi connectivity index (χ3n) is 3.68. The molecule has 3 aromatic rings. The van der Waals surface area contributed by atoms with Crippen LogP contribution in [0.3, 0.4) is 0 Å². The molecule has 102 valence electrons. The number of aryl methyl sites for hydroxylation is 1. The van der Waals surface area contributed by atoms with E-state index in [2.05, 4.69) is 81.8 Å². The van der Waals surface area contributed by atoms with Crippen LogP contribution in [0.5, 0.6) is 0 Å². The van der Waals surface area contributed by atoms with Crippen LogP contribution in [0.4, 0.5) is 0 Å². The van der Waals surface area contributed by atoms with E-state index in [0.717, 1.165) is 15.9 Å². The van der Waals surface area contributed by atoms with Gasteiger partial charge in [0.2, 0.25) is 0 Å². The largest absolute Gasteiger partial charge is 0.302 e. The average Bonchev–Trinajstić information content (AvgIpc) is 2.74. The predicted molar refractivity (Wildman–Crippen MR) is 87.2 cm³/mol. The zero-order valence-corrected chi connectivity index (χ0v) is 13.5. The Morgan fingerprint density at radius 2 is 1.65 bits per heavy atom. The van der Waals surface area contributed by atoms with Gasteiger partial charge in [0.15, 0.2) is 0 Å². The van der Waals surface area contributed by atoms with Gasteiger partial charge in [-0.2, -0.15) is 0 Å². The van der Waals surface area contributed by atoms with Gasteiger partial charge in [0.25, 0.3) is 0 Å². The second-order valence-electron chi connectivity index (χ2n) is 5.40. The van der Waals surface area contributed by atoms with Gasteiger partial charge in [-0.1, -0.05) is 44.2 Å². The molecule has 0 saturated heterocycles. The molecule has 0 aliphatic rings. The minimum atomic E-state index is 0.568. The Balaban J connectivity index is 2.07. The standard InChI is InChI=1S/C17H17BrN2/c1-11(2)13-4-6-14(7-5-13)15-8-9-16-17(18)19-12(3)20(16)10-15/h4-11H,1-3H3. The molecule has 2 heterocycles. The van der Waals surface area contributed by atoms with Crippen LogP contribution in [0.1, 0.15) is 31.2 Å². The quantitative estimate of drug-likeness (QED) is 0.632. The van der Waals surface area contributed by atoms with Crippen molar-refractivity contribution < 1.29 is 0 Å². The van der Waals surface area contributed by atoms with E-state index in [9.17, 15) is 0 Å². The molecule has 0 unspecified atom stereocenters. The third-order valence-corrected chi connectivity index (χ3v) is 4.26. The van der Waals surface area contributed by atoms with Gasteiger partial charge in [-0.3, -0.25) is 0 Å². The summed E-state index contributed by atoms with van der Waals surface area (Å²) in [5.41, 5.74) is 4.92. The summed E-state index contributed by atoms with van der Waals surface area (Å²) < 4.78 is 3.02. The van der Waals surface area contributed by atoms with Crippen molar-refractivity contribution in [3.63, 3.8) is 0 Å². The number of halogens is 1. The Morgan fingerprint density at radius 3 is 2.30 bits per heavy atom. The normalized spacial score (nSPS) is 11.4. The van der Waals surface area contributed by atoms with Crippen molar-refractivity contribution in [2.24, 2.45) is 0 Å². The second-order valence-corrected chi connectivity index (χ2v) is 6.15. The van der Waals surface area contributed by atoms with Gasteiger partial charge in [-0.05, 0) is 51.5 Å². The lowest BCUT2D eigenvalue weighted by Crippen LogP contribution is -1.90. The molecule has 2 aromatic heterocycles. The maximum Gasteiger partial charge on any atom is 0.132 e. The smallest absolute Gasteiger partial charge is 0.132 e. The lowest BCUT2D eigenvalue weighted by molar-refractivity contribution is 0.867. The van der Waals surface area contributed by atoms with E-state index in [1.165, 1.54) is 16.7 Å². The van der Waals surface area contributed by atoms with E-state index in [1.54, 1.807) is 0 Å². The highest BCUT2D eigenvalue weighted by molar-refractivity contribution is 9.10. The van der Waals surface area contributed by atoms with Gasteiger partial charge in [0, 0.05) is 6.20 Å². The zero-order valence-electron chi connectivity index (χ0n) is 11.9. The molecule has 0 spiro atoms. The summed E-state index contributed by atoms with van der Waals surface area (Å²) >= 11 is 3.49. The first-order valence-corrected chi connectivity index (χ1v) is 7.60. The van der Waals surface area contributed by atoms with Crippen molar-refractivity contribution in [3.05, 3.63) is 58.6 Å². The molecule has 20 heavy (non-hydrogen) atoms. The number of hydrogen-bond acceptors (Lipinski definition) is 1. The van der Waals surface area contributed by atoms with E-state index in [1.807, 2.05) is 6.92 Å². The topological polar surface area (TPSA) is 17.3 Å². The first kappa shape index (κ1) is 13.4. The Hall–Kier alpha value is -1.61. The van der Waals surface area contributed by atoms with Crippen LogP contribution in [-0.4, -0.2) is 9.38 Å². The van der Waals surface area contributed by atoms with Crippen molar-refractivity contribution in [1.82, 2.24) is 9.38 Å². The lowest BCUT2D eigenvalue weighted by atomic mass is 9.99. The fourth-order valence-corrected chi connectivity index (χ4v) is 3.00. The molecule has 2 nitrogen and oxygen atoms in total. The van der Waals surface area contributed by atoms with E-state index in [4.69, 9.17) is 0 Å². The maximum absolute atomic E-state index is 4.44. The molecule has 0 bridgehead atoms. The number of imidazole rings is 1. The number of aromatic nitrogens is 2. The highest BCUT2D eigenvalue weighted by atomic mass is 79.9. The van der Waals surface area contributed by atoms with Crippen molar-refractivity contribution in [1.29, 1.82) is 0 Å². The van der Waals surface area contributed by atoms with Crippen LogP contribution in [0.15, 0.2) is 47.2 Å². The summed E-state index contributed by atoms with van der Waals surface area (Å²) in [5, 5.41) is 0. The van der Waals surface area contributed by atoms with Crippen molar-refractivity contribution in [2.45, 2.75) is 26.7 Å². The molecule has 1 aromatic carbocycles. The van der Waals surface area contributed by atoms with Crippen LogP contribution in [0.25, 0.3) is 16.6 Å². The van der Waals surface area contributed by atoms with Gasteiger partial charge < -0.3 is 4.40 Å². The number of rotatable bonds is 2. The minimum absolute atomic E-state index is 0.568. The molecule has 0 aliphatic carbocycles. The van der Waals surface area contributed by atoms with Crippen molar-refractivity contribution in [3.8, 4) is 11.1 Å². The van der Waals surface area contributed by atoms with Crippen LogP contribution in [0, 0.1) is 6.92 Å². The molecule has 0 atom stereocenters. The third kappa shape index (κ3) is 2.27. The summed E-state index contributed by atoms with van der Waals surface area (Å²) in [4.78, 5) is 4.44. The fourth-order valence-electron chi connectivity index (χ4n) is 2.42. The molecule has 0 saturated carbocycles. The lowest BCUT2D eigenvalue weighted by Gasteiger charge is -2.08. The van der Waals surface area contributed by atoms with E-state index < -0.39 is 0 Å². The second kappa shape index (κ2) is 5.06. The summed E-state index contributed by atoms with van der Waals surface area (Å²) in [7, 11) is 0. The Kier molecular flexibility index (Phi) is 3.38. The first-order chi connectivity index (χ1) is 9.56. The molecule has 0 amide bonds. The van der Waals surface area contributed by atoms with Crippen LogP contribution < -0.4 is 0 Å². The molecule has 0 radical (unpaired) electrons. The van der Waals surface area contributed by atoms with Gasteiger partial charge in [-0.15, -0.1) is 0 Å². The first-order valence-electron chi connectivity index (χ1n) is 6.81. The van der Waals surface area contributed by atoms with E-state index >= 15 is 0 Å². The Morgan fingerprint density at radius 1 is 1.00 bits per heavy atom. The summed E-state index contributed by atoms with van der Waals surface area (Å²) in [6, 6.07) is 13.1. The highest BCUT2D eigenvalue weighted by Crippen LogP contribution is 2.26. The van der Waals surface area contributed by atoms with Crippen molar-refractivity contribution in [2.75, 3.05) is 0 Å². The van der Waals surface area contributed by atoms with E-state index in [0.29, 0.717) is 5.92 Å². The highest BCUT2D eigenvalue weighted by Gasteiger charge is 2.07. The Bertz CT molecular complexity index is 755. The van der Waals surface area contributed by atoms with Gasteiger partial charge in [0.1, 0.15) is 10.4 Å². The molecule has 0 fully saturated rings. The summed E-state index contributed by atoms with van der Waals surface area (Å²) in [5.74, 6) is 1.56. The zero-order chi connectivity index (χ0) is 14.3. The molecule has 3 rings (SSSR count). The fraction of sp³-hybridized carbons (Fsp3) is 0.235. The SMILES string of the molecule is Cc1nc(Br)c2ccc(-c3ccc(C(C)C)cc3)cn12. The van der Waals surface area contributed by atoms with Crippen molar-refractivity contribution >= 4 is 21.4 Å². The van der Waals surface area contributed by atoms with Crippen LogP contribution in [0.2, 0.25) is 0 Å². The summed E-state index contributed by atoms with van der Waals surface area (Å²) in [6.07, 6.45) is 2.15. The molecular weight excluding hydrogens is 312 g/mol. The summed E-state index contributed by atoms with van der Waals surface area (Å²) in [6.45, 7) is 6.45. The molecule has 3 heteroatoms. The number of benzene rings is 1.